The van der Waals surface area contributed by atoms with Gasteiger partial charge in [0.2, 0.25) is 5.91 Å². The monoisotopic (exact) mass is 381 g/mol. The van der Waals surface area contributed by atoms with Crippen LogP contribution in [0.4, 0.5) is 5.69 Å². The van der Waals surface area contributed by atoms with Crippen molar-refractivity contribution in [3.63, 3.8) is 0 Å². The third kappa shape index (κ3) is 3.83. The Balaban J connectivity index is 1.45. The maximum Gasteiger partial charge on any atom is 0.253 e. The van der Waals surface area contributed by atoms with Gasteiger partial charge in [-0.1, -0.05) is 17.7 Å². The van der Waals surface area contributed by atoms with Crippen LogP contribution >= 0.6 is 11.6 Å². The molecule has 0 unspecified atom stereocenters. The minimum Gasteiger partial charge on any atom is -0.361 e. The predicted molar refractivity (Wildman–Crippen MR) is 107 cm³/mol. The largest absolute Gasteiger partial charge is 0.361 e. The van der Waals surface area contributed by atoms with Crippen molar-refractivity contribution in [1.29, 1.82) is 0 Å². The first-order valence-electron chi connectivity index (χ1n) is 9.03. The molecule has 1 fully saturated rings. The summed E-state index contributed by atoms with van der Waals surface area (Å²) < 4.78 is 0. The van der Waals surface area contributed by atoms with E-state index in [2.05, 4.69) is 10.3 Å². The summed E-state index contributed by atoms with van der Waals surface area (Å²) in [5.41, 5.74) is 2.33. The Labute approximate surface area is 162 Å². The van der Waals surface area contributed by atoms with E-state index >= 15 is 0 Å². The first kappa shape index (κ1) is 17.6. The molecule has 4 rings (SSSR count). The second-order valence-electron chi connectivity index (χ2n) is 6.87. The quantitative estimate of drug-likeness (QED) is 0.709. The molecule has 0 radical (unpaired) electrons. The standard InChI is InChI=1S/C21H20ClN3O2/c22-17-4-1-5-18(12-17)24-20(26)16-3-2-10-25(13-16)21(27)15-6-7-19-14(11-15)8-9-23-19/h1,4-9,11-12,16,23H,2-3,10,13H2,(H,24,26)/t16-/m0/s1. The van der Waals surface area contributed by atoms with Crippen LogP contribution in [0.2, 0.25) is 5.02 Å². The SMILES string of the molecule is O=C(Nc1cccc(Cl)c1)[C@H]1CCCN(C(=O)c2ccc3[nH]ccc3c2)C1. The van der Waals surface area contributed by atoms with E-state index in [0.717, 1.165) is 23.7 Å². The Morgan fingerprint density at radius 3 is 2.89 bits per heavy atom. The number of likely N-dealkylation sites (tertiary alicyclic amines) is 1. The van der Waals surface area contributed by atoms with E-state index in [1.807, 2.05) is 36.5 Å². The molecule has 2 amide bonds. The Kier molecular flexibility index (Phi) is 4.86. The zero-order valence-corrected chi connectivity index (χ0v) is 15.5. The lowest BCUT2D eigenvalue weighted by Crippen LogP contribution is -2.43. The lowest BCUT2D eigenvalue weighted by Gasteiger charge is -2.32. The van der Waals surface area contributed by atoms with Gasteiger partial charge in [0.05, 0.1) is 5.92 Å². The van der Waals surface area contributed by atoms with Gasteiger partial charge in [-0.25, -0.2) is 0 Å². The molecule has 6 heteroatoms. The molecule has 1 saturated heterocycles. The van der Waals surface area contributed by atoms with Crippen molar-refractivity contribution >= 4 is 40.0 Å². The molecule has 0 aliphatic carbocycles. The van der Waals surface area contributed by atoms with Crippen molar-refractivity contribution in [1.82, 2.24) is 9.88 Å². The number of aromatic nitrogens is 1. The molecule has 138 valence electrons. The second kappa shape index (κ2) is 7.45. The number of hydrogen-bond donors (Lipinski definition) is 2. The summed E-state index contributed by atoms with van der Waals surface area (Å²) in [7, 11) is 0. The van der Waals surface area contributed by atoms with E-state index in [-0.39, 0.29) is 17.7 Å². The Morgan fingerprint density at radius 2 is 2.04 bits per heavy atom. The first-order valence-corrected chi connectivity index (χ1v) is 9.41. The van der Waals surface area contributed by atoms with Gasteiger partial charge < -0.3 is 15.2 Å². The summed E-state index contributed by atoms with van der Waals surface area (Å²) in [5, 5.41) is 4.49. The smallest absolute Gasteiger partial charge is 0.253 e. The van der Waals surface area contributed by atoms with Gasteiger partial charge in [0.1, 0.15) is 0 Å². The van der Waals surface area contributed by atoms with E-state index < -0.39 is 0 Å². The number of amides is 2. The van der Waals surface area contributed by atoms with Gasteiger partial charge in [0, 0.05) is 46.5 Å². The second-order valence-corrected chi connectivity index (χ2v) is 7.31. The molecule has 1 aromatic heterocycles. The Bertz CT molecular complexity index is 998. The number of H-pyrrole nitrogens is 1. The fourth-order valence-electron chi connectivity index (χ4n) is 3.56. The lowest BCUT2D eigenvalue weighted by atomic mass is 9.96. The van der Waals surface area contributed by atoms with E-state index in [4.69, 9.17) is 11.6 Å². The summed E-state index contributed by atoms with van der Waals surface area (Å²) in [4.78, 5) is 30.4. The number of aromatic amines is 1. The van der Waals surface area contributed by atoms with Gasteiger partial charge in [0.25, 0.3) is 5.91 Å². The minimum atomic E-state index is -0.224. The van der Waals surface area contributed by atoms with Crippen LogP contribution in [-0.4, -0.2) is 34.8 Å². The molecule has 0 spiro atoms. The van der Waals surface area contributed by atoms with Crippen LogP contribution in [0.25, 0.3) is 10.9 Å². The molecule has 2 heterocycles. The number of halogens is 1. The fourth-order valence-corrected chi connectivity index (χ4v) is 3.75. The van der Waals surface area contributed by atoms with Gasteiger partial charge in [0.15, 0.2) is 0 Å². The topological polar surface area (TPSA) is 65.2 Å². The van der Waals surface area contributed by atoms with Crippen LogP contribution in [0, 0.1) is 5.92 Å². The number of rotatable bonds is 3. The summed E-state index contributed by atoms with van der Waals surface area (Å²) in [6, 6.07) is 14.7. The van der Waals surface area contributed by atoms with Crippen molar-refractivity contribution in [2.45, 2.75) is 12.8 Å². The Hall–Kier alpha value is -2.79. The summed E-state index contributed by atoms with van der Waals surface area (Å²) in [6.45, 7) is 1.10. The van der Waals surface area contributed by atoms with Crippen LogP contribution in [0.1, 0.15) is 23.2 Å². The molecule has 1 atom stereocenters. The highest BCUT2D eigenvalue weighted by molar-refractivity contribution is 6.30. The maximum atomic E-state index is 12.9. The van der Waals surface area contributed by atoms with Gasteiger partial charge in [-0.15, -0.1) is 0 Å². The summed E-state index contributed by atoms with van der Waals surface area (Å²) >= 11 is 5.97. The number of carbonyl (C=O) groups is 2. The number of carbonyl (C=O) groups excluding carboxylic acids is 2. The predicted octanol–water partition coefficient (Wildman–Crippen LogP) is 4.31. The molecule has 2 N–H and O–H groups in total. The number of anilines is 1. The van der Waals surface area contributed by atoms with Crippen molar-refractivity contribution in [2.24, 2.45) is 5.92 Å². The highest BCUT2D eigenvalue weighted by atomic mass is 35.5. The van der Waals surface area contributed by atoms with Gasteiger partial charge in [-0.05, 0) is 55.3 Å². The van der Waals surface area contributed by atoms with Crippen molar-refractivity contribution < 1.29 is 9.59 Å². The third-order valence-corrected chi connectivity index (χ3v) is 5.21. The summed E-state index contributed by atoms with van der Waals surface area (Å²) in [5.74, 6) is -0.327. The zero-order valence-electron chi connectivity index (χ0n) is 14.7. The Morgan fingerprint density at radius 1 is 1.15 bits per heavy atom. The van der Waals surface area contributed by atoms with Crippen molar-refractivity contribution in [3.8, 4) is 0 Å². The summed E-state index contributed by atoms with van der Waals surface area (Å²) in [6.07, 6.45) is 3.44. The van der Waals surface area contributed by atoms with Crippen LogP contribution in [0.15, 0.2) is 54.7 Å². The van der Waals surface area contributed by atoms with E-state index in [1.54, 1.807) is 23.1 Å². The molecule has 3 aromatic rings. The van der Waals surface area contributed by atoms with Crippen LogP contribution in [0.3, 0.4) is 0 Å². The maximum absolute atomic E-state index is 12.9. The molecule has 1 aliphatic rings. The highest BCUT2D eigenvalue weighted by Gasteiger charge is 2.29. The molecule has 2 aromatic carbocycles. The lowest BCUT2D eigenvalue weighted by molar-refractivity contribution is -0.121. The van der Waals surface area contributed by atoms with Crippen molar-refractivity contribution in [2.75, 3.05) is 18.4 Å². The van der Waals surface area contributed by atoms with Gasteiger partial charge in [-0.2, -0.15) is 0 Å². The molecule has 1 aliphatic heterocycles. The van der Waals surface area contributed by atoms with Gasteiger partial charge >= 0.3 is 0 Å². The van der Waals surface area contributed by atoms with Crippen LogP contribution in [-0.2, 0) is 4.79 Å². The molecule has 0 saturated carbocycles. The zero-order chi connectivity index (χ0) is 18.8. The molecule has 27 heavy (non-hydrogen) atoms. The number of fused-ring (bicyclic) bond motifs is 1. The third-order valence-electron chi connectivity index (χ3n) is 4.97. The number of benzene rings is 2. The van der Waals surface area contributed by atoms with Crippen LogP contribution < -0.4 is 5.32 Å². The normalized spacial score (nSPS) is 17.1. The number of hydrogen-bond acceptors (Lipinski definition) is 2. The minimum absolute atomic E-state index is 0.0293. The number of nitrogens with zero attached hydrogens (tertiary/aromatic N) is 1. The van der Waals surface area contributed by atoms with Gasteiger partial charge in [-0.3, -0.25) is 9.59 Å². The highest BCUT2D eigenvalue weighted by Crippen LogP contribution is 2.23. The molecule has 5 nitrogen and oxygen atoms in total. The average Bonchev–Trinajstić information content (AvgIpc) is 3.15. The average molecular weight is 382 g/mol. The molecule has 0 bridgehead atoms. The van der Waals surface area contributed by atoms with Crippen LogP contribution in [0.5, 0.6) is 0 Å². The van der Waals surface area contributed by atoms with E-state index in [9.17, 15) is 9.59 Å². The fraction of sp³-hybridized carbons (Fsp3) is 0.238. The molecular formula is C21H20ClN3O2. The van der Waals surface area contributed by atoms with Crippen molar-refractivity contribution in [3.05, 3.63) is 65.3 Å². The number of piperidine rings is 1. The first-order chi connectivity index (χ1) is 13.1. The van der Waals surface area contributed by atoms with E-state index in [1.165, 1.54) is 0 Å². The van der Waals surface area contributed by atoms with E-state index in [0.29, 0.717) is 29.4 Å². The molecular weight excluding hydrogens is 362 g/mol. The number of nitrogens with one attached hydrogen (secondary N) is 2.